The molecule has 1 fully saturated rings. The summed E-state index contributed by atoms with van der Waals surface area (Å²) < 4.78 is 27.2. The molecule has 7 heteroatoms. The molecule has 0 bridgehead atoms. The Kier molecular flexibility index (Phi) is 4.89. The summed E-state index contributed by atoms with van der Waals surface area (Å²) in [5.74, 6) is -1.35. The van der Waals surface area contributed by atoms with Crippen molar-refractivity contribution >= 4 is 5.91 Å². The summed E-state index contributed by atoms with van der Waals surface area (Å²) in [6.45, 7) is 3.90. The van der Waals surface area contributed by atoms with E-state index >= 15 is 0 Å². The first-order valence-electron chi connectivity index (χ1n) is 8.56. The molecule has 2 N–H and O–H groups in total. The van der Waals surface area contributed by atoms with Crippen LogP contribution in [0.25, 0.3) is 0 Å². The van der Waals surface area contributed by atoms with E-state index in [-0.39, 0.29) is 16.8 Å². The normalized spacial score (nSPS) is 16.2. The highest BCUT2D eigenvalue weighted by atomic mass is 19.1. The largest absolute Gasteiger partial charge is 0.349 e. The van der Waals surface area contributed by atoms with Gasteiger partial charge in [-0.05, 0) is 49.1 Å². The van der Waals surface area contributed by atoms with E-state index in [0.29, 0.717) is 30.0 Å². The molecule has 0 radical (unpaired) electrons. The zero-order valence-electron chi connectivity index (χ0n) is 14.7. The van der Waals surface area contributed by atoms with Crippen LogP contribution in [0.5, 0.6) is 0 Å². The van der Waals surface area contributed by atoms with E-state index in [4.69, 9.17) is 0 Å². The van der Waals surface area contributed by atoms with Gasteiger partial charge < -0.3 is 10.3 Å². The number of aryl methyl sites for hydroxylation is 1. The smallest absolute Gasteiger partial charge is 0.287 e. The summed E-state index contributed by atoms with van der Waals surface area (Å²) in [7, 11) is 0. The van der Waals surface area contributed by atoms with Crippen molar-refractivity contribution in [1.29, 1.82) is 0 Å². The molecule has 1 aromatic heterocycles. The topological polar surface area (TPSA) is 74.8 Å². The van der Waals surface area contributed by atoms with E-state index in [1.807, 2.05) is 6.92 Å². The first-order chi connectivity index (χ1) is 12.3. The van der Waals surface area contributed by atoms with Gasteiger partial charge >= 0.3 is 0 Å². The van der Waals surface area contributed by atoms with Gasteiger partial charge in [0, 0.05) is 24.4 Å². The fraction of sp³-hybridized carbons (Fsp3) is 0.421. The Labute approximate surface area is 149 Å². The third-order valence-electron chi connectivity index (χ3n) is 5.02. The average molecular weight is 361 g/mol. The number of nitrogens with one attached hydrogen (secondary N) is 2. The Morgan fingerprint density at radius 1 is 1.38 bits per heavy atom. The minimum Gasteiger partial charge on any atom is -0.349 e. The van der Waals surface area contributed by atoms with Crippen LogP contribution in [0.15, 0.2) is 29.2 Å². The van der Waals surface area contributed by atoms with Crippen molar-refractivity contribution in [2.75, 3.05) is 6.54 Å². The number of rotatable bonds is 6. The summed E-state index contributed by atoms with van der Waals surface area (Å²) in [6.07, 6.45) is 3.76. The van der Waals surface area contributed by atoms with Crippen molar-refractivity contribution in [2.45, 2.75) is 33.1 Å². The van der Waals surface area contributed by atoms with Crippen LogP contribution in [0.1, 0.15) is 41.5 Å². The molecule has 1 heterocycles. The van der Waals surface area contributed by atoms with Gasteiger partial charge in [-0.25, -0.2) is 13.8 Å². The summed E-state index contributed by atoms with van der Waals surface area (Å²) in [5.41, 5.74) is 0.135. The van der Waals surface area contributed by atoms with Gasteiger partial charge in [-0.3, -0.25) is 9.59 Å². The lowest BCUT2D eigenvalue weighted by Gasteiger charge is -2.30. The standard InChI is InChI=1S/C19H21F2N3O2/c1-11-9-22-16(24-17(11)25)18(26)23-10-19(2,13-4-5-13)8-12-3-6-14(20)7-15(12)21/h3,6-7,9,13H,4-5,8,10H2,1-2H3,(H,23,26)(H,22,24,25). The molecule has 1 atom stereocenters. The maximum atomic E-state index is 14.0. The molecule has 138 valence electrons. The van der Waals surface area contributed by atoms with E-state index < -0.39 is 17.5 Å². The number of halogens is 2. The van der Waals surface area contributed by atoms with Crippen LogP contribution in [0.4, 0.5) is 8.78 Å². The number of hydrogen-bond acceptors (Lipinski definition) is 3. The highest BCUT2D eigenvalue weighted by molar-refractivity contribution is 5.90. The van der Waals surface area contributed by atoms with Crippen molar-refractivity contribution in [3.63, 3.8) is 0 Å². The first kappa shape index (κ1) is 18.2. The Hall–Kier alpha value is -2.57. The number of carbonyl (C=O) groups is 1. The molecule has 0 spiro atoms. The lowest BCUT2D eigenvalue weighted by atomic mass is 9.78. The molecule has 1 aliphatic carbocycles. The molecule has 1 aromatic carbocycles. The quantitative estimate of drug-likeness (QED) is 0.831. The van der Waals surface area contributed by atoms with Crippen molar-refractivity contribution in [3.8, 4) is 0 Å². The van der Waals surface area contributed by atoms with Crippen LogP contribution in [0, 0.1) is 29.9 Å². The summed E-state index contributed by atoms with van der Waals surface area (Å²) in [5, 5.41) is 2.79. The summed E-state index contributed by atoms with van der Waals surface area (Å²) in [6, 6.07) is 3.57. The SMILES string of the molecule is Cc1cnc(C(=O)NCC(C)(Cc2ccc(F)cc2F)C2CC2)[nH]c1=O. The third kappa shape index (κ3) is 3.98. The molecular weight excluding hydrogens is 340 g/mol. The van der Waals surface area contributed by atoms with Gasteiger partial charge in [0.1, 0.15) is 11.6 Å². The van der Waals surface area contributed by atoms with Crippen molar-refractivity contribution in [2.24, 2.45) is 11.3 Å². The summed E-state index contributed by atoms with van der Waals surface area (Å²) >= 11 is 0. The van der Waals surface area contributed by atoms with Gasteiger partial charge in [-0.2, -0.15) is 0 Å². The van der Waals surface area contributed by atoms with Gasteiger partial charge in [0.2, 0.25) is 0 Å². The van der Waals surface area contributed by atoms with Gasteiger partial charge in [0.15, 0.2) is 5.82 Å². The maximum absolute atomic E-state index is 14.0. The van der Waals surface area contributed by atoms with Gasteiger partial charge in [-0.1, -0.05) is 13.0 Å². The monoisotopic (exact) mass is 361 g/mol. The van der Waals surface area contributed by atoms with E-state index in [0.717, 1.165) is 18.9 Å². The Morgan fingerprint density at radius 3 is 2.73 bits per heavy atom. The number of carbonyl (C=O) groups excluding carboxylic acids is 1. The zero-order valence-corrected chi connectivity index (χ0v) is 14.7. The number of hydrogen-bond donors (Lipinski definition) is 2. The number of nitrogens with zero attached hydrogens (tertiary/aromatic N) is 1. The van der Waals surface area contributed by atoms with Crippen LogP contribution in [-0.4, -0.2) is 22.4 Å². The van der Waals surface area contributed by atoms with Gasteiger partial charge in [-0.15, -0.1) is 0 Å². The van der Waals surface area contributed by atoms with Crippen molar-refractivity contribution in [1.82, 2.24) is 15.3 Å². The van der Waals surface area contributed by atoms with Crippen molar-refractivity contribution in [3.05, 3.63) is 63.3 Å². The van der Waals surface area contributed by atoms with Crippen molar-refractivity contribution < 1.29 is 13.6 Å². The highest BCUT2D eigenvalue weighted by Crippen LogP contribution is 2.47. The molecule has 1 amide bonds. The molecule has 26 heavy (non-hydrogen) atoms. The van der Waals surface area contributed by atoms with E-state index in [9.17, 15) is 18.4 Å². The minimum atomic E-state index is -0.609. The number of benzene rings is 1. The molecular formula is C19H21F2N3O2. The highest BCUT2D eigenvalue weighted by Gasteiger charge is 2.42. The van der Waals surface area contributed by atoms with E-state index in [2.05, 4.69) is 15.3 Å². The molecule has 1 unspecified atom stereocenters. The third-order valence-corrected chi connectivity index (χ3v) is 5.02. The minimum absolute atomic E-state index is 0.0493. The lowest BCUT2D eigenvalue weighted by Crippen LogP contribution is -2.40. The number of aromatic amines is 1. The van der Waals surface area contributed by atoms with Crippen LogP contribution in [0.3, 0.4) is 0 Å². The molecule has 1 aliphatic rings. The van der Waals surface area contributed by atoms with Crippen LogP contribution in [-0.2, 0) is 6.42 Å². The predicted octanol–water partition coefficient (Wildman–Crippen LogP) is 2.75. The molecule has 1 saturated carbocycles. The fourth-order valence-corrected chi connectivity index (χ4v) is 3.17. The van der Waals surface area contributed by atoms with Crippen LogP contribution >= 0.6 is 0 Å². The van der Waals surface area contributed by atoms with Crippen LogP contribution in [0.2, 0.25) is 0 Å². The molecule has 0 aliphatic heterocycles. The maximum Gasteiger partial charge on any atom is 0.287 e. The number of H-pyrrole nitrogens is 1. The molecule has 0 saturated heterocycles. The second-order valence-corrected chi connectivity index (χ2v) is 7.27. The van der Waals surface area contributed by atoms with E-state index in [1.54, 1.807) is 6.92 Å². The molecule has 5 nitrogen and oxygen atoms in total. The predicted molar refractivity (Wildman–Crippen MR) is 92.8 cm³/mol. The van der Waals surface area contributed by atoms with Gasteiger partial charge in [0.05, 0.1) is 0 Å². The zero-order chi connectivity index (χ0) is 18.9. The first-order valence-corrected chi connectivity index (χ1v) is 8.56. The number of amides is 1. The molecule has 2 aromatic rings. The Balaban J connectivity index is 1.72. The average Bonchev–Trinajstić information content (AvgIpc) is 3.43. The Morgan fingerprint density at radius 2 is 2.12 bits per heavy atom. The second-order valence-electron chi connectivity index (χ2n) is 7.27. The second kappa shape index (κ2) is 6.97. The molecule has 3 rings (SSSR count). The lowest BCUT2D eigenvalue weighted by molar-refractivity contribution is 0.0915. The Bertz CT molecular complexity index is 893. The number of aromatic nitrogens is 2. The van der Waals surface area contributed by atoms with Crippen LogP contribution < -0.4 is 10.9 Å². The van der Waals surface area contributed by atoms with E-state index in [1.165, 1.54) is 18.3 Å². The summed E-state index contributed by atoms with van der Waals surface area (Å²) in [4.78, 5) is 30.3. The van der Waals surface area contributed by atoms with Gasteiger partial charge in [0.25, 0.3) is 11.5 Å². The fourth-order valence-electron chi connectivity index (χ4n) is 3.17.